The molecule has 1 aliphatic heterocycles. The largest absolute Gasteiger partial charge is 0.493 e. The van der Waals surface area contributed by atoms with E-state index in [9.17, 15) is 19.8 Å². The summed E-state index contributed by atoms with van der Waals surface area (Å²) in [4.78, 5) is 26.6. The Morgan fingerprint density at radius 2 is 1.78 bits per heavy atom. The summed E-state index contributed by atoms with van der Waals surface area (Å²) in [5.41, 5.74) is 3.58. The lowest BCUT2D eigenvalue weighted by molar-refractivity contribution is 0.0625. The zero-order valence-electron chi connectivity index (χ0n) is 18.3. The van der Waals surface area contributed by atoms with Crippen LogP contribution in [-0.2, 0) is 20.1 Å². The van der Waals surface area contributed by atoms with Crippen LogP contribution in [0.25, 0.3) is 11.1 Å². The molecule has 0 saturated heterocycles. The summed E-state index contributed by atoms with van der Waals surface area (Å²) < 4.78 is 2.57. The van der Waals surface area contributed by atoms with Gasteiger partial charge in [-0.2, -0.15) is 0 Å². The van der Waals surface area contributed by atoms with Crippen molar-refractivity contribution in [1.82, 2.24) is 14.0 Å². The van der Waals surface area contributed by atoms with E-state index in [1.54, 1.807) is 4.90 Å². The van der Waals surface area contributed by atoms with E-state index in [0.29, 0.717) is 23.7 Å². The number of aliphatic hydroxyl groups is 1. The van der Waals surface area contributed by atoms with E-state index in [-0.39, 0.29) is 36.0 Å². The van der Waals surface area contributed by atoms with Gasteiger partial charge in [-0.3, -0.25) is 13.9 Å². The highest BCUT2D eigenvalue weighted by molar-refractivity contribution is 6.31. The van der Waals surface area contributed by atoms with Crippen molar-refractivity contribution in [2.75, 3.05) is 13.2 Å². The second-order valence-electron chi connectivity index (χ2n) is 9.12. The van der Waals surface area contributed by atoms with Crippen molar-refractivity contribution >= 4 is 17.5 Å². The minimum atomic E-state index is -0.360. The molecule has 2 aromatic carbocycles. The van der Waals surface area contributed by atoms with Gasteiger partial charge in [0.15, 0.2) is 0 Å². The highest BCUT2D eigenvalue weighted by Gasteiger charge is 2.31. The van der Waals surface area contributed by atoms with Gasteiger partial charge in [0.1, 0.15) is 0 Å². The fraction of sp³-hybridized carbons (Fsp3) is 0.333. The minimum absolute atomic E-state index is 0.0118. The first-order valence-electron chi connectivity index (χ1n) is 10.4. The molecule has 168 valence electrons. The number of hydrogen-bond acceptors (Lipinski definition) is 4. The summed E-state index contributed by atoms with van der Waals surface area (Å²) in [6, 6.07) is 11.4. The van der Waals surface area contributed by atoms with E-state index in [1.807, 2.05) is 50.2 Å². The van der Waals surface area contributed by atoms with E-state index in [0.717, 1.165) is 22.3 Å². The fourth-order valence-electron chi connectivity index (χ4n) is 3.98. The third-order valence-electron chi connectivity index (χ3n) is 5.91. The van der Waals surface area contributed by atoms with Gasteiger partial charge in [0.2, 0.25) is 5.88 Å². The normalized spacial score (nSPS) is 13.7. The molecule has 3 aromatic rings. The van der Waals surface area contributed by atoms with Gasteiger partial charge in [-0.05, 0) is 40.5 Å². The molecule has 8 heteroatoms. The number of benzene rings is 2. The highest BCUT2D eigenvalue weighted by Crippen LogP contribution is 2.32. The molecule has 0 atom stereocenters. The monoisotopic (exact) mass is 455 g/mol. The minimum Gasteiger partial charge on any atom is -0.493 e. The van der Waals surface area contributed by atoms with Crippen molar-refractivity contribution in [3.63, 3.8) is 0 Å². The second-order valence-corrected chi connectivity index (χ2v) is 9.53. The predicted octanol–water partition coefficient (Wildman–Crippen LogP) is 3.24. The zero-order valence-corrected chi connectivity index (χ0v) is 19.1. The first-order valence-corrected chi connectivity index (χ1v) is 10.7. The van der Waals surface area contributed by atoms with Crippen LogP contribution in [0.3, 0.4) is 0 Å². The molecular weight excluding hydrogens is 430 g/mol. The number of fused-ring (bicyclic) bond motifs is 1. The third-order valence-corrected chi connectivity index (χ3v) is 6.26. The molecule has 1 aliphatic rings. The maximum absolute atomic E-state index is 12.7. The SMILES string of the molecule is Cn1c(O)cn(Cc2ccc(-c3ccc4c(c3)CN(CC(C)(C)CO)C4=O)cc2Cl)c1=O. The van der Waals surface area contributed by atoms with Gasteiger partial charge in [-0.1, -0.05) is 43.6 Å². The Balaban J connectivity index is 1.57. The molecule has 0 aliphatic carbocycles. The number of amides is 1. The number of carbonyl (C=O) groups excluding carboxylic acids is 1. The number of aliphatic hydroxyl groups excluding tert-OH is 1. The van der Waals surface area contributed by atoms with Gasteiger partial charge in [0.25, 0.3) is 5.91 Å². The van der Waals surface area contributed by atoms with Crippen LogP contribution in [-0.4, -0.2) is 43.3 Å². The molecule has 2 N–H and O–H groups in total. The lowest BCUT2D eigenvalue weighted by Gasteiger charge is -2.28. The van der Waals surface area contributed by atoms with Gasteiger partial charge in [0.05, 0.1) is 12.7 Å². The maximum atomic E-state index is 12.7. The Hall–Kier alpha value is -3.03. The number of aromatic hydroxyl groups is 1. The molecular formula is C24H26ClN3O4. The Morgan fingerprint density at radius 3 is 2.41 bits per heavy atom. The average Bonchev–Trinajstić information content (AvgIpc) is 3.19. The van der Waals surface area contributed by atoms with E-state index < -0.39 is 0 Å². The predicted molar refractivity (Wildman–Crippen MR) is 123 cm³/mol. The molecule has 0 spiro atoms. The lowest BCUT2D eigenvalue weighted by atomic mass is 9.94. The zero-order chi connectivity index (χ0) is 23.2. The smallest absolute Gasteiger partial charge is 0.331 e. The molecule has 1 amide bonds. The molecule has 1 aromatic heterocycles. The molecule has 0 fully saturated rings. The van der Waals surface area contributed by atoms with Gasteiger partial charge in [-0.25, -0.2) is 4.79 Å². The van der Waals surface area contributed by atoms with E-state index >= 15 is 0 Å². The second kappa shape index (κ2) is 8.15. The first-order chi connectivity index (χ1) is 15.1. The molecule has 4 rings (SSSR count). The number of aromatic nitrogens is 2. The maximum Gasteiger partial charge on any atom is 0.331 e. The lowest BCUT2D eigenvalue weighted by Crippen LogP contribution is -2.36. The highest BCUT2D eigenvalue weighted by atomic mass is 35.5. The van der Waals surface area contributed by atoms with Crippen molar-refractivity contribution < 1.29 is 15.0 Å². The molecule has 0 saturated carbocycles. The Kier molecular flexibility index (Phi) is 5.65. The van der Waals surface area contributed by atoms with Crippen LogP contribution in [0.15, 0.2) is 47.4 Å². The van der Waals surface area contributed by atoms with Crippen LogP contribution in [0.4, 0.5) is 0 Å². The third kappa shape index (κ3) is 4.06. The molecule has 32 heavy (non-hydrogen) atoms. The van der Waals surface area contributed by atoms with Crippen molar-refractivity contribution in [2.45, 2.75) is 26.9 Å². The van der Waals surface area contributed by atoms with Crippen LogP contribution in [0, 0.1) is 5.41 Å². The summed E-state index contributed by atoms with van der Waals surface area (Å²) in [5, 5.41) is 19.8. The number of nitrogens with zero attached hydrogens (tertiary/aromatic N) is 3. The Morgan fingerprint density at radius 1 is 1.09 bits per heavy atom. The molecule has 0 unspecified atom stereocenters. The van der Waals surface area contributed by atoms with E-state index in [2.05, 4.69) is 0 Å². The molecule has 2 heterocycles. The molecule has 0 radical (unpaired) electrons. The topological polar surface area (TPSA) is 87.7 Å². The number of carbonyl (C=O) groups is 1. The van der Waals surface area contributed by atoms with Crippen LogP contribution >= 0.6 is 11.6 Å². The summed E-state index contributed by atoms with van der Waals surface area (Å²) in [7, 11) is 1.50. The Labute approximate surface area is 191 Å². The fourth-order valence-corrected chi connectivity index (χ4v) is 4.22. The van der Waals surface area contributed by atoms with Gasteiger partial charge >= 0.3 is 5.69 Å². The van der Waals surface area contributed by atoms with E-state index in [4.69, 9.17) is 11.6 Å². The van der Waals surface area contributed by atoms with Gasteiger partial charge in [0, 0.05) is 42.7 Å². The van der Waals surface area contributed by atoms with Crippen molar-refractivity contribution in [1.29, 1.82) is 0 Å². The number of hydrogen-bond donors (Lipinski definition) is 2. The molecule has 7 nitrogen and oxygen atoms in total. The number of imidazole rings is 1. The Bertz CT molecular complexity index is 1260. The van der Waals surface area contributed by atoms with Crippen LogP contribution < -0.4 is 5.69 Å². The summed E-state index contributed by atoms with van der Waals surface area (Å²) in [5.74, 6) is -0.120. The van der Waals surface area contributed by atoms with Crippen molar-refractivity contribution in [3.05, 3.63) is 74.8 Å². The number of halogens is 1. The van der Waals surface area contributed by atoms with Crippen LogP contribution in [0.5, 0.6) is 5.88 Å². The summed E-state index contributed by atoms with van der Waals surface area (Å²) >= 11 is 6.51. The van der Waals surface area contributed by atoms with Crippen molar-refractivity contribution in [2.24, 2.45) is 12.5 Å². The average molecular weight is 456 g/mol. The van der Waals surface area contributed by atoms with Gasteiger partial charge in [-0.15, -0.1) is 0 Å². The van der Waals surface area contributed by atoms with Gasteiger partial charge < -0.3 is 15.1 Å². The summed E-state index contributed by atoms with van der Waals surface area (Å²) in [6.45, 7) is 5.13. The molecule has 0 bridgehead atoms. The standard InChI is InChI=1S/C24H26ClN3O4/c1-24(2,14-29)13-28-11-18-8-15(6-7-19(18)22(28)31)16-4-5-17(20(25)9-16)10-27-12-21(30)26(3)23(27)32/h4-9,12,29-30H,10-11,13-14H2,1-3H3. The quantitative estimate of drug-likeness (QED) is 0.597. The first kappa shape index (κ1) is 22.2. The van der Waals surface area contributed by atoms with Crippen LogP contribution in [0.1, 0.15) is 35.3 Å². The van der Waals surface area contributed by atoms with Crippen molar-refractivity contribution in [3.8, 4) is 17.0 Å². The number of rotatable bonds is 6. The van der Waals surface area contributed by atoms with E-state index in [1.165, 1.54) is 22.4 Å². The van der Waals surface area contributed by atoms with Crippen LogP contribution in [0.2, 0.25) is 5.02 Å². The summed E-state index contributed by atoms with van der Waals surface area (Å²) in [6.07, 6.45) is 1.38.